The van der Waals surface area contributed by atoms with E-state index in [1.807, 2.05) is 0 Å². The maximum absolute atomic E-state index is 8.33. The first-order chi connectivity index (χ1) is 1.73. The Labute approximate surface area is 82.2 Å². The van der Waals surface area contributed by atoms with Crippen molar-refractivity contribution in [2.45, 2.75) is 0 Å². The van der Waals surface area contributed by atoms with Crippen LogP contribution in [0.4, 0.5) is 4.79 Å². The fourth-order valence-corrected chi connectivity index (χ4v) is 0. The van der Waals surface area contributed by atoms with Crippen LogP contribution in [0.5, 0.6) is 0 Å². The summed E-state index contributed by atoms with van der Waals surface area (Å²) in [5.74, 6) is 0. The molecule has 6 heavy (non-hydrogen) atoms. The van der Waals surface area contributed by atoms with Crippen molar-refractivity contribution in [3.63, 3.8) is 0 Å². The van der Waals surface area contributed by atoms with Gasteiger partial charge in [0.25, 0.3) is 0 Å². The van der Waals surface area contributed by atoms with Gasteiger partial charge in [-0.25, -0.2) is 0 Å². The standard InChI is InChI=1S/CH2O3.K.Si/c2-1(3)4;;/h(H2,2,3,4);;/q;+1;+4/p-2. The fraction of sp³-hybridized carbons (Fsp3) is 0. The minimum Gasteiger partial charge on any atom is -0.652 e. The number of carboxylic acid groups (broad SMARTS) is 2. The number of rotatable bonds is 0. The molecular formula is CKO3Si+3. The topological polar surface area (TPSA) is 63.2 Å². The van der Waals surface area contributed by atoms with E-state index in [4.69, 9.17) is 15.0 Å². The van der Waals surface area contributed by atoms with Crippen LogP contribution in [0.25, 0.3) is 0 Å². The van der Waals surface area contributed by atoms with Gasteiger partial charge in [0.1, 0.15) is 0 Å². The molecule has 0 amide bonds. The van der Waals surface area contributed by atoms with Crippen LogP contribution >= 0.6 is 0 Å². The van der Waals surface area contributed by atoms with E-state index in [-0.39, 0.29) is 62.3 Å². The third-order valence-corrected chi connectivity index (χ3v) is 0. The molecule has 3 nitrogen and oxygen atoms in total. The van der Waals surface area contributed by atoms with Gasteiger partial charge >= 0.3 is 62.3 Å². The first-order valence-corrected chi connectivity index (χ1v) is 0.612. The van der Waals surface area contributed by atoms with Crippen molar-refractivity contribution in [2.24, 2.45) is 0 Å². The molecule has 0 aromatic carbocycles. The van der Waals surface area contributed by atoms with Gasteiger partial charge in [-0.05, 0) is 6.16 Å². The van der Waals surface area contributed by atoms with Gasteiger partial charge in [0, 0.05) is 0 Å². The van der Waals surface area contributed by atoms with Crippen molar-refractivity contribution in [1.82, 2.24) is 0 Å². The molecule has 0 unspecified atom stereocenters. The Kier molecular flexibility index (Phi) is 24.8. The van der Waals surface area contributed by atoms with Crippen molar-refractivity contribution in [2.75, 3.05) is 0 Å². The van der Waals surface area contributed by atoms with Crippen molar-refractivity contribution < 1.29 is 66.4 Å². The van der Waals surface area contributed by atoms with Gasteiger partial charge in [-0.1, -0.05) is 0 Å². The van der Waals surface area contributed by atoms with Crippen LogP contribution in [-0.4, -0.2) is 17.1 Å². The fourth-order valence-electron chi connectivity index (χ4n) is 0. The summed E-state index contributed by atoms with van der Waals surface area (Å²) in [5, 5.41) is 16.7. The first kappa shape index (κ1) is 15.7. The molecule has 0 radical (unpaired) electrons. The van der Waals surface area contributed by atoms with E-state index in [1.165, 1.54) is 0 Å². The molecule has 5 heteroatoms. The summed E-state index contributed by atoms with van der Waals surface area (Å²) in [6.07, 6.45) is -2.33. The predicted molar refractivity (Wildman–Crippen MR) is 11.1 cm³/mol. The molecule has 0 aliphatic heterocycles. The molecule has 0 aliphatic carbocycles. The SMILES string of the molecule is O=C([O-])[O-].[K+].[Si+4]. The second-order valence-electron chi connectivity index (χ2n) is 0.250. The summed E-state index contributed by atoms with van der Waals surface area (Å²) in [6.45, 7) is 0. The molecule has 0 saturated heterocycles. The Morgan fingerprint density at radius 2 is 1.33 bits per heavy atom. The minimum atomic E-state index is -2.33. The molecule has 0 atom stereocenters. The maximum Gasteiger partial charge on any atom is 4.00 e. The predicted octanol–water partition coefficient (Wildman–Crippen LogP) is -5.82. The zero-order valence-corrected chi connectivity index (χ0v) is 7.35. The molecule has 0 bridgehead atoms. The van der Waals surface area contributed by atoms with E-state index in [0.29, 0.717) is 0 Å². The summed E-state index contributed by atoms with van der Waals surface area (Å²) >= 11 is 0. The van der Waals surface area contributed by atoms with Gasteiger partial charge < -0.3 is 15.0 Å². The average Bonchev–Trinajstić information content (AvgIpc) is 0.811. The average molecular weight is 127 g/mol. The van der Waals surface area contributed by atoms with Crippen molar-refractivity contribution in [1.29, 1.82) is 0 Å². The normalized spacial score (nSPS) is 4.00. The molecule has 0 rings (SSSR count). The zero-order chi connectivity index (χ0) is 3.58. The smallest absolute Gasteiger partial charge is 0.652 e. The third-order valence-electron chi connectivity index (χ3n) is 0. The molecule has 0 heterocycles. The molecule has 0 aromatic rings. The largest absolute Gasteiger partial charge is 4.00 e. The van der Waals surface area contributed by atoms with Crippen LogP contribution in [0.15, 0.2) is 0 Å². The summed E-state index contributed by atoms with van der Waals surface area (Å²) < 4.78 is 0. The molecule has 0 spiro atoms. The summed E-state index contributed by atoms with van der Waals surface area (Å²) in [5.41, 5.74) is 0. The van der Waals surface area contributed by atoms with Gasteiger partial charge in [0.05, 0.1) is 0 Å². The van der Waals surface area contributed by atoms with Crippen LogP contribution in [-0.2, 0) is 0 Å². The zero-order valence-electron chi connectivity index (χ0n) is 3.22. The Bertz CT molecular complexity index is 33.8. The second-order valence-corrected chi connectivity index (χ2v) is 0.250. The van der Waals surface area contributed by atoms with Gasteiger partial charge in [-0.15, -0.1) is 0 Å². The maximum atomic E-state index is 8.33. The van der Waals surface area contributed by atoms with Crippen LogP contribution in [0.1, 0.15) is 0 Å². The Balaban J connectivity index is -0.0000000450. The van der Waals surface area contributed by atoms with E-state index in [2.05, 4.69) is 0 Å². The van der Waals surface area contributed by atoms with Gasteiger partial charge in [0.15, 0.2) is 0 Å². The minimum absolute atomic E-state index is 0. The van der Waals surface area contributed by atoms with E-state index >= 15 is 0 Å². The third kappa shape index (κ3) is 69.0. The van der Waals surface area contributed by atoms with E-state index in [0.717, 1.165) is 0 Å². The molecule has 0 aromatic heterocycles. The number of hydrogen-bond acceptors (Lipinski definition) is 3. The van der Waals surface area contributed by atoms with Crippen molar-refractivity contribution >= 4 is 17.1 Å². The summed E-state index contributed by atoms with van der Waals surface area (Å²) in [7, 11) is 0. The molecule has 24 valence electrons. The van der Waals surface area contributed by atoms with Crippen molar-refractivity contribution in [3.05, 3.63) is 0 Å². The molecule has 0 saturated carbocycles. The van der Waals surface area contributed by atoms with Gasteiger partial charge in [-0.3, -0.25) is 0 Å². The van der Waals surface area contributed by atoms with E-state index in [1.54, 1.807) is 0 Å². The Morgan fingerprint density at radius 1 is 1.33 bits per heavy atom. The second kappa shape index (κ2) is 9.45. The van der Waals surface area contributed by atoms with Crippen LogP contribution in [0.2, 0.25) is 0 Å². The van der Waals surface area contributed by atoms with Crippen LogP contribution in [0.3, 0.4) is 0 Å². The Hall–Kier alpha value is 1.12. The number of hydrogen-bond donors (Lipinski definition) is 0. The van der Waals surface area contributed by atoms with E-state index < -0.39 is 6.16 Å². The van der Waals surface area contributed by atoms with E-state index in [9.17, 15) is 0 Å². The molecule has 0 fully saturated rings. The number of carbonyl (C=O) groups is 1. The van der Waals surface area contributed by atoms with Crippen molar-refractivity contribution in [3.8, 4) is 0 Å². The molecular weight excluding hydrogens is 127 g/mol. The van der Waals surface area contributed by atoms with Crippen LogP contribution < -0.4 is 61.6 Å². The molecule has 0 N–H and O–H groups in total. The van der Waals surface area contributed by atoms with Gasteiger partial charge in [-0.2, -0.15) is 0 Å². The number of carbonyl (C=O) groups excluding carboxylic acids is 1. The molecule has 0 aliphatic rings. The Morgan fingerprint density at radius 3 is 1.33 bits per heavy atom. The first-order valence-electron chi connectivity index (χ1n) is 0.612. The summed E-state index contributed by atoms with van der Waals surface area (Å²) in [4.78, 5) is 8.33. The monoisotopic (exact) mass is 127 g/mol. The summed E-state index contributed by atoms with van der Waals surface area (Å²) in [6, 6.07) is 0. The van der Waals surface area contributed by atoms with Gasteiger partial charge in [0.2, 0.25) is 0 Å². The quantitative estimate of drug-likeness (QED) is 0.304. The van der Waals surface area contributed by atoms with Crippen LogP contribution in [0, 0.1) is 0 Å².